The van der Waals surface area contributed by atoms with Crippen molar-refractivity contribution in [3.63, 3.8) is 0 Å². The quantitative estimate of drug-likeness (QED) is 0.714. The molecule has 0 bridgehead atoms. The molecule has 7 heteroatoms. The van der Waals surface area contributed by atoms with Crippen molar-refractivity contribution >= 4 is 15.9 Å². The number of likely N-dealkylation sites (tertiary alicyclic amines) is 1. The Bertz CT molecular complexity index is 640. The van der Waals surface area contributed by atoms with Crippen LogP contribution in [0, 0.1) is 0 Å². The Hall–Kier alpha value is -1.44. The molecule has 25 heavy (non-hydrogen) atoms. The lowest BCUT2D eigenvalue weighted by Crippen LogP contribution is -2.49. The number of hydrogen-bond acceptors (Lipinski definition) is 4. The summed E-state index contributed by atoms with van der Waals surface area (Å²) in [6, 6.07) is 8.20. The molecular formula is C18H28N2O4S. The van der Waals surface area contributed by atoms with Gasteiger partial charge in [-0.2, -0.15) is 0 Å². The molecule has 1 aliphatic rings. The highest BCUT2D eigenvalue weighted by molar-refractivity contribution is 7.89. The number of rotatable bonds is 8. The maximum absolute atomic E-state index is 12.4. The summed E-state index contributed by atoms with van der Waals surface area (Å²) in [5.74, 6) is -0.0135. The van der Waals surface area contributed by atoms with Gasteiger partial charge in [0.1, 0.15) is 6.10 Å². The lowest BCUT2D eigenvalue weighted by atomic mass is 10.1. The number of amides is 1. The molecule has 2 rings (SSSR count). The molecule has 0 aliphatic carbocycles. The molecule has 1 amide bonds. The molecule has 140 valence electrons. The van der Waals surface area contributed by atoms with Gasteiger partial charge in [-0.05, 0) is 38.3 Å². The van der Waals surface area contributed by atoms with Crippen molar-refractivity contribution in [1.29, 1.82) is 0 Å². The first-order valence-corrected chi connectivity index (χ1v) is 10.4. The third-order valence-corrected chi connectivity index (χ3v) is 5.93. The lowest BCUT2D eigenvalue weighted by Gasteiger charge is -2.33. The molecule has 6 nitrogen and oxygen atoms in total. The van der Waals surface area contributed by atoms with Crippen molar-refractivity contribution in [2.75, 3.05) is 19.7 Å². The molecule has 0 radical (unpaired) electrons. The fraction of sp³-hybridized carbons (Fsp3) is 0.611. The van der Waals surface area contributed by atoms with Crippen LogP contribution in [0.2, 0.25) is 0 Å². The number of sulfonamides is 1. The van der Waals surface area contributed by atoms with Gasteiger partial charge in [0.2, 0.25) is 10.0 Å². The summed E-state index contributed by atoms with van der Waals surface area (Å²) in [7, 11) is -3.51. The largest absolute Gasteiger partial charge is 0.369 e. The predicted octanol–water partition coefficient (Wildman–Crippen LogP) is 2.16. The fourth-order valence-corrected chi connectivity index (χ4v) is 4.16. The maximum Gasteiger partial charge on any atom is 0.251 e. The Labute approximate surface area is 150 Å². The van der Waals surface area contributed by atoms with Gasteiger partial charge in [0.15, 0.2) is 0 Å². The number of nitrogens with one attached hydrogen (secondary N) is 1. The number of benzene rings is 1. The molecule has 1 unspecified atom stereocenters. The lowest BCUT2D eigenvalue weighted by molar-refractivity contribution is -0.143. The van der Waals surface area contributed by atoms with Crippen LogP contribution in [0.5, 0.6) is 0 Å². The first-order chi connectivity index (χ1) is 11.9. The van der Waals surface area contributed by atoms with E-state index in [4.69, 9.17) is 4.74 Å². The van der Waals surface area contributed by atoms with Crippen LogP contribution in [0.1, 0.15) is 39.5 Å². The number of piperidine rings is 1. The summed E-state index contributed by atoms with van der Waals surface area (Å²) in [4.78, 5) is 14.4. The van der Waals surface area contributed by atoms with E-state index in [2.05, 4.69) is 11.6 Å². The molecule has 1 fully saturated rings. The topological polar surface area (TPSA) is 75.7 Å². The third-order valence-electron chi connectivity index (χ3n) is 4.40. The summed E-state index contributed by atoms with van der Waals surface area (Å²) in [6.45, 7) is 5.54. The van der Waals surface area contributed by atoms with Crippen LogP contribution >= 0.6 is 0 Å². The monoisotopic (exact) mass is 368 g/mol. The summed E-state index contributed by atoms with van der Waals surface area (Å²) in [5.41, 5.74) is 0. The van der Waals surface area contributed by atoms with Crippen molar-refractivity contribution in [2.24, 2.45) is 0 Å². The van der Waals surface area contributed by atoms with Gasteiger partial charge in [-0.3, -0.25) is 4.79 Å². The molecule has 1 heterocycles. The van der Waals surface area contributed by atoms with E-state index in [1.807, 2.05) is 0 Å². The average Bonchev–Trinajstić information content (AvgIpc) is 2.62. The second-order valence-corrected chi connectivity index (χ2v) is 8.11. The van der Waals surface area contributed by atoms with Gasteiger partial charge in [-0.25, -0.2) is 13.1 Å². The molecule has 0 saturated carbocycles. The van der Waals surface area contributed by atoms with Gasteiger partial charge in [-0.1, -0.05) is 31.5 Å². The van der Waals surface area contributed by atoms with E-state index in [1.165, 1.54) is 0 Å². The van der Waals surface area contributed by atoms with Crippen LogP contribution in [0.4, 0.5) is 0 Å². The van der Waals surface area contributed by atoms with Crippen LogP contribution in [0.25, 0.3) is 0 Å². The van der Waals surface area contributed by atoms with Crippen LogP contribution in [0.15, 0.2) is 35.2 Å². The molecular weight excluding hydrogens is 340 g/mol. The Balaban J connectivity index is 1.82. The van der Waals surface area contributed by atoms with Crippen LogP contribution < -0.4 is 4.72 Å². The molecule has 1 saturated heterocycles. The number of unbranched alkanes of at least 4 members (excludes halogenated alkanes) is 1. The van der Waals surface area contributed by atoms with E-state index in [1.54, 1.807) is 42.2 Å². The van der Waals surface area contributed by atoms with Crippen molar-refractivity contribution < 1.29 is 17.9 Å². The van der Waals surface area contributed by atoms with Gasteiger partial charge in [0, 0.05) is 25.7 Å². The van der Waals surface area contributed by atoms with E-state index >= 15 is 0 Å². The summed E-state index contributed by atoms with van der Waals surface area (Å²) in [5, 5.41) is 0. The molecule has 1 N–H and O–H groups in total. The molecule has 1 aliphatic heterocycles. The molecule has 0 spiro atoms. The number of carbonyl (C=O) groups excluding carboxylic acids is 1. The summed E-state index contributed by atoms with van der Waals surface area (Å²) < 4.78 is 33.0. The predicted molar refractivity (Wildman–Crippen MR) is 96.7 cm³/mol. The zero-order valence-corrected chi connectivity index (χ0v) is 15.8. The highest BCUT2D eigenvalue weighted by Crippen LogP contribution is 2.16. The van der Waals surface area contributed by atoms with E-state index < -0.39 is 16.1 Å². The van der Waals surface area contributed by atoms with Gasteiger partial charge in [-0.15, -0.1) is 0 Å². The van der Waals surface area contributed by atoms with E-state index in [9.17, 15) is 13.2 Å². The first kappa shape index (κ1) is 19.9. The number of hydrogen-bond donors (Lipinski definition) is 1. The minimum absolute atomic E-state index is 0.0135. The Morgan fingerprint density at radius 1 is 1.28 bits per heavy atom. The minimum atomic E-state index is -3.51. The van der Waals surface area contributed by atoms with Gasteiger partial charge >= 0.3 is 0 Å². The number of ether oxygens (including phenoxy) is 1. The average molecular weight is 368 g/mol. The van der Waals surface area contributed by atoms with Crippen LogP contribution in [0.3, 0.4) is 0 Å². The molecule has 1 aromatic carbocycles. The maximum atomic E-state index is 12.4. The fourth-order valence-electron chi connectivity index (χ4n) is 2.84. The zero-order chi connectivity index (χ0) is 18.3. The SMILES string of the molecule is CCCCOC(C)C(=O)N1CCC(NS(=O)(=O)c2ccccc2)CC1. The number of nitrogens with zero attached hydrogens (tertiary/aromatic N) is 1. The van der Waals surface area contributed by atoms with Crippen LogP contribution in [-0.4, -0.2) is 51.1 Å². The second-order valence-electron chi connectivity index (χ2n) is 6.40. The molecule has 0 aromatic heterocycles. The standard InChI is InChI=1S/C18H28N2O4S/c1-3-4-14-24-15(2)18(21)20-12-10-16(11-13-20)19-25(22,23)17-8-6-5-7-9-17/h5-9,15-16,19H,3-4,10-14H2,1-2H3. The highest BCUT2D eigenvalue weighted by atomic mass is 32.2. The van der Waals surface area contributed by atoms with Crippen molar-refractivity contribution in [3.8, 4) is 0 Å². The van der Waals surface area contributed by atoms with Crippen molar-refractivity contribution in [2.45, 2.75) is 56.6 Å². The van der Waals surface area contributed by atoms with Crippen molar-refractivity contribution in [3.05, 3.63) is 30.3 Å². The highest BCUT2D eigenvalue weighted by Gasteiger charge is 2.28. The Morgan fingerprint density at radius 2 is 1.92 bits per heavy atom. The Morgan fingerprint density at radius 3 is 2.52 bits per heavy atom. The smallest absolute Gasteiger partial charge is 0.251 e. The number of carbonyl (C=O) groups is 1. The first-order valence-electron chi connectivity index (χ1n) is 8.92. The minimum Gasteiger partial charge on any atom is -0.369 e. The zero-order valence-electron chi connectivity index (χ0n) is 15.0. The molecule has 1 atom stereocenters. The summed E-state index contributed by atoms with van der Waals surface area (Å²) >= 11 is 0. The van der Waals surface area contributed by atoms with Crippen LogP contribution in [-0.2, 0) is 19.6 Å². The van der Waals surface area contributed by atoms with E-state index in [-0.39, 0.29) is 16.8 Å². The van der Waals surface area contributed by atoms with Gasteiger partial charge in [0.05, 0.1) is 4.90 Å². The van der Waals surface area contributed by atoms with Gasteiger partial charge in [0.25, 0.3) is 5.91 Å². The van der Waals surface area contributed by atoms with Gasteiger partial charge < -0.3 is 9.64 Å². The Kier molecular flexibility index (Phi) is 7.40. The third kappa shape index (κ3) is 5.80. The molecule has 1 aromatic rings. The second kappa shape index (κ2) is 9.31. The summed E-state index contributed by atoms with van der Waals surface area (Å²) in [6.07, 6.45) is 2.76. The van der Waals surface area contributed by atoms with E-state index in [0.29, 0.717) is 32.5 Å². The van der Waals surface area contributed by atoms with Crippen molar-refractivity contribution in [1.82, 2.24) is 9.62 Å². The normalized spacial score (nSPS) is 17.4. The van der Waals surface area contributed by atoms with E-state index in [0.717, 1.165) is 12.8 Å².